The minimum Gasteiger partial charge on any atom is -0.481 e. The van der Waals surface area contributed by atoms with Gasteiger partial charge < -0.3 is 15.2 Å². The lowest BCUT2D eigenvalue weighted by molar-refractivity contribution is -0.141. The van der Waals surface area contributed by atoms with Crippen LogP contribution in [0.3, 0.4) is 0 Å². The summed E-state index contributed by atoms with van der Waals surface area (Å²) in [6, 6.07) is 10.6. The van der Waals surface area contributed by atoms with Gasteiger partial charge >= 0.3 is 5.97 Å². The minimum absolute atomic E-state index is 0.00974. The highest BCUT2D eigenvalue weighted by atomic mass is 16.5. The molecule has 0 saturated carbocycles. The normalized spacial score (nSPS) is 11.6. The van der Waals surface area contributed by atoms with Crippen molar-refractivity contribution < 1.29 is 19.4 Å². The van der Waals surface area contributed by atoms with Crippen LogP contribution < -0.4 is 10.1 Å². The Kier molecular flexibility index (Phi) is 5.83. The van der Waals surface area contributed by atoms with Crippen molar-refractivity contribution in [1.82, 2.24) is 15.5 Å². The molecule has 1 amide bonds. The Bertz CT molecular complexity index is 716. The fourth-order valence-corrected chi connectivity index (χ4v) is 2.23. The lowest BCUT2D eigenvalue weighted by Crippen LogP contribution is -2.34. The van der Waals surface area contributed by atoms with Gasteiger partial charge in [-0.15, -0.1) is 10.2 Å². The van der Waals surface area contributed by atoms with E-state index in [1.807, 2.05) is 31.2 Å². The quantitative estimate of drug-likeness (QED) is 0.797. The molecule has 2 N–H and O–H groups in total. The Morgan fingerprint density at radius 2 is 2.04 bits per heavy atom. The van der Waals surface area contributed by atoms with E-state index in [0.29, 0.717) is 12.3 Å². The Labute approximate surface area is 139 Å². The van der Waals surface area contributed by atoms with Gasteiger partial charge in [-0.05, 0) is 25.0 Å². The SMILES string of the molecule is COc1ccc(C(=O)NCC(Cc2cccc(C)c2)C(=O)O)nn1. The number of benzene rings is 1. The van der Waals surface area contributed by atoms with E-state index in [2.05, 4.69) is 15.5 Å². The van der Waals surface area contributed by atoms with Gasteiger partial charge in [0.25, 0.3) is 5.91 Å². The number of aromatic nitrogens is 2. The van der Waals surface area contributed by atoms with Gasteiger partial charge in [-0.25, -0.2) is 0 Å². The van der Waals surface area contributed by atoms with E-state index in [1.165, 1.54) is 19.2 Å². The molecule has 0 fully saturated rings. The predicted molar refractivity (Wildman–Crippen MR) is 86.9 cm³/mol. The third-order valence-electron chi connectivity index (χ3n) is 3.50. The van der Waals surface area contributed by atoms with Crippen LogP contribution in [0, 0.1) is 12.8 Å². The van der Waals surface area contributed by atoms with Crippen molar-refractivity contribution in [3.05, 3.63) is 53.2 Å². The molecule has 7 heteroatoms. The Balaban J connectivity index is 1.97. The van der Waals surface area contributed by atoms with Crippen LogP contribution in [0.2, 0.25) is 0 Å². The molecule has 126 valence electrons. The maximum atomic E-state index is 12.0. The second kappa shape index (κ2) is 8.05. The number of carboxylic acids is 1. The molecule has 24 heavy (non-hydrogen) atoms. The van der Waals surface area contributed by atoms with Gasteiger partial charge in [-0.1, -0.05) is 29.8 Å². The molecule has 1 aromatic heterocycles. The molecular formula is C17H19N3O4. The Morgan fingerprint density at radius 1 is 1.25 bits per heavy atom. The molecule has 0 aliphatic heterocycles. The molecule has 1 unspecified atom stereocenters. The first-order valence-electron chi connectivity index (χ1n) is 7.44. The third kappa shape index (κ3) is 4.77. The summed E-state index contributed by atoms with van der Waals surface area (Å²) < 4.78 is 4.87. The highest BCUT2D eigenvalue weighted by Crippen LogP contribution is 2.11. The number of aryl methyl sites for hydroxylation is 1. The van der Waals surface area contributed by atoms with Gasteiger partial charge in [0.1, 0.15) is 0 Å². The number of carbonyl (C=O) groups is 2. The molecule has 0 spiro atoms. The molecule has 1 atom stereocenters. The summed E-state index contributed by atoms with van der Waals surface area (Å²) in [5.74, 6) is -1.85. The van der Waals surface area contributed by atoms with Crippen LogP contribution in [0.25, 0.3) is 0 Å². The highest BCUT2D eigenvalue weighted by Gasteiger charge is 2.20. The molecular weight excluding hydrogens is 310 g/mol. The van der Waals surface area contributed by atoms with E-state index in [0.717, 1.165) is 11.1 Å². The van der Waals surface area contributed by atoms with Gasteiger partial charge in [0.05, 0.1) is 13.0 Å². The monoisotopic (exact) mass is 329 g/mol. The van der Waals surface area contributed by atoms with Crippen molar-refractivity contribution in [2.75, 3.05) is 13.7 Å². The van der Waals surface area contributed by atoms with E-state index >= 15 is 0 Å². The first-order valence-corrected chi connectivity index (χ1v) is 7.44. The molecule has 2 aromatic rings. The summed E-state index contributed by atoms with van der Waals surface area (Å²) in [4.78, 5) is 23.5. The highest BCUT2D eigenvalue weighted by molar-refractivity contribution is 5.92. The molecule has 1 heterocycles. The molecule has 0 aliphatic rings. The number of nitrogens with one attached hydrogen (secondary N) is 1. The number of rotatable bonds is 7. The Morgan fingerprint density at radius 3 is 2.62 bits per heavy atom. The van der Waals surface area contributed by atoms with Crippen LogP contribution in [0.5, 0.6) is 5.88 Å². The average Bonchev–Trinajstić information content (AvgIpc) is 2.58. The summed E-state index contributed by atoms with van der Waals surface area (Å²) in [6.45, 7) is 1.96. The second-order valence-corrected chi connectivity index (χ2v) is 5.40. The fourth-order valence-electron chi connectivity index (χ4n) is 2.23. The lowest BCUT2D eigenvalue weighted by Gasteiger charge is -2.13. The van der Waals surface area contributed by atoms with Crippen molar-refractivity contribution in [1.29, 1.82) is 0 Å². The summed E-state index contributed by atoms with van der Waals surface area (Å²) >= 11 is 0. The number of carbonyl (C=O) groups excluding carboxylic acids is 1. The van der Waals surface area contributed by atoms with Crippen molar-refractivity contribution in [2.45, 2.75) is 13.3 Å². The van der Waals surface area contributed by atoms with Crippen LogP contribution in [-0.2, 0) is 11.2 Å². The predicted octanol–water partition coefficient (Wildman–Crippen LogP) is 1.47. The maximum absolute atomic E-state index is 12.0. The van der Waals surface area contributed by atoms with Gasteiger partial charge in [0, 0.05) is 12.6 Å². The van der Waals surface area contributed by atoms with Crippen LogP contribution >= 0.6 is 0 Å². The van der Waals surface area contributed by atoms with Crippen LogP contribution in [-0.4, -0.2) is 40.8 Å². The number of hydrogen-bond acceptors (Lipinski definition) is 5. The number of aliphatic carboxylic acids is 1. The topological polar surface area (TPSA) is 101 Å². The van der Waals surface area contributed by atoms with Gasteiger partial charge in [0.2, 0.25) is 5.88 Å². The number of hydrogen-bond donors (Lipinski definition) is 2. The van der Waals surface area contributed by atoms with E-state index in [4.69, 9.17) is 4.74 Å². The van der Waals surface area contributed by atoms with Crippen molar-refractivity contribution in [3.8, 4) is 5.88 Å². The van der Waals surface area contributed by atoms with E-state index < -0.39 is 17.8 Å². The van der Waals surface area contributed by atoms with Crippen LogP contribution in [0.4, 0.5) is 0 Å². The first kappa shape index (κ1) is 17.4. The average molecular weight is 329 g/mol. The zero-order valence-electron chi connectivity index (χ0n) is 13.5. The molecule has 0 radical (unpaired) electrons. The number of amides is 1. The summed E-state index contributed by atoms with van der Waals surface area (Å²) in [7, 11) is 1.45. The van der Waals surface area contributed by atoms with Crippen molar-refractivity contribution >= 4 is 11.9 Å². The van der Waals surface area contributed by atoms with Crippen LogP contribution in [0.15, 0.2) is 36.4 Å². The Hall–Kier alpha value is -2.96. The summed E-state index contributed by atoms with van der Waals surface area (Å²) in [6.07, 6.45) is 0.339. The standard InChI is InChI=1S/C17H19N3O4/c1-11-4-3-5-12(8-11)9-13(17(22)23)10-18-16(21)14-6-7-15(24-2)20-19-14/h3-8,13H,9-10H2,1-2H3,(H,18,21)(H,22,23). The molecule has 0 bridgehead atoms. The van der Waals surface area contributed by atoms with E-state index in [1.54, 1.807) is 0 Å². The minimum atomic E-state index is -0.961. The zero-order chi connectivity index (χ0) is 17.5. The number of methoxy groups -OCH3 is 1. The van der Waals surface area contributed by atoms with E-state index in [9.17, 15) is 14.7 Å². The largest absolute Gasteiger partial charge is 0.481 e. The van der Waals surface area contributed by atoms with Gasteiger partial charge in [-0.2, -0.15) is 0 Å². The molecule has 2 rings (SSSR count). The molecule has 0 aliphatic carbocycles. The zero-order valence-corrected chi connectivity index (χ0v) is 13.5. The van der Waals surface area contributed by atoms with Crippen LogP contribution in [0.1, 0.15) is 21.6 Å². The lowest BCUT2D eigenvalue weighted by atomic mass is 9.98. The van der Waals surface area contributed by atoms with Crippen molar-refractivity contribution in [3.63, 3.8) is 0 Å². The van der Waals surface area contributed by atoms with Gasteiger partial charge in [0.15, 0.2) is 5.69 Å². The second-order valence-electron chi connectivity index (χ2n) is 5.40. The van der Waals surface area contributed by atoms with E-state index in [-0.39, 0.29) is 12.2 Å². The molecule has 0 saturated heterocycles. The summed E-state index contributed by atoms with van der Waals surface area (Å²) in [5.41, 5.74) is 2.09. The smallest absolute Gasteiger partial charge is 0.308 e. The van der Waals surface area contributed by atoms with Crippen molar-refractivity contribution in [2.24, 2.45) is 5.92 Å². The number of carboxylic acid groups (broad SMARTS) is 1. The number of nitrogens with zero attached hydrogens (tertiary/aromatic N) is 2. The maximum Gasteiger partial charge on any atom is 0.308 e. The number of ether oxygens (including phenoxy) is 1. The molecule has 1 aromatic carbocycles. The van der Waals surface area contributed by atoms with Gasteiger partial charge in [-0.3, -0.25) is 9.59 Å². The molecule has 7 nitrogen and oxygen atoms in total. The fraction of sp³-hybridized carbons (Fsp3) is 0.294. The first-order chi connectivity index (χ1) is 11.5. The third-order valence-corrected chi connectivity index (χ3v) is 3.50. The summed E-state index contributed by atoms with van der Waals surface area (Å²) in [5, 5.41) is 19.4.